The van der Waals surface area contributed by atoms with Crippen molar-refractivity contribution in [1.82, 2.24) is 0 Å². The van der Waals surface area contributed by atoms with Crippen LogP contribution in [0.4, 0.5) is 13.2 Å². The second-order valence-electron chi connectivity index (χ2n) is 3.44. The van der Waals surface area contributed by atoms with Crippen LogP contribution in [0.2, 0.25) is 0 Å². The first kappa shape index (κ1) is 11.5. The fourth-order valence-corrected chi connectivity index (χ4v) is 1.46. The Morgan fingerprint density at radius 3 is 2.64 bits per heavy atom. The number of carbonyl (C=O) groups is 1. The highest BCUT2D eigenvalue weighted by atomic mass is 19.4. The number of Topliss-reactive ketones (excluding diaryl/α,β-unsaturated/α-hetero) is 1. The molecule has 5 heteroatoms. The van der Waals surface area contributed by atoms with E-state index in [0.29, 0.717) is 13.0 Å². The van der Waals surface area contributed by atoms with Crippen LogP contribution in [0.15, 0.2) is 0 Å². The molecule has 1 rings (SSSR count). The minimum atomic E-state index is -4.16. The van der Waals surface area contributed by atoms with E-state index in [4.69, 9.17) is 4.74 Å². The lowest BCUT2D eigenvalue weighted by Gasteiger charge is -2.08. The maximum absolute atomic E-state index is 11.7. The number of hydrogen-bond donors (Lipinski definition) is 0. The van der Waals surface area contributed by atoms with E-state index in [1.165, 1.54) is 0 Å². The molecule has 2 nitrogen and oxygen atoms in total. The van der Waals surface area contributed by atoms with Gasteiger partial charge in [-0.3, -0.25) is 4.79 Å². The van der Waals surface area contributed by atoms with E-state index in [1.807, 2.05) is 0 Å². The van der Waals surface area contributed by atoms with Gasteiger partial charge in [-0.15, -0.1) is 0 Å². The van der Waals surface area contributed by atoms with Crippen LogP contribution in [0.1, 0.15) is 32.1 Å². The summed E-state index contributed by atoms with van der Waals surface area (Å²) < 4.78 is 40.3. The van der Waals surface area contributed by atoms with Gasteiger partial charge < -0.3 is 4.74 Å². The second-order valence-corrected chi connectivity index (χ2v) is 3.44. The number of rotatable bonds is 4. The highest BCUT2D eigenvalue weighted by Gasteiger charge is 2.28. The first-order valence-corrected chi connectivity index (χ1v) is 4.70. The monoisotopic (exact) mass is 210 g/mol. The van der Waals surface area contributed by atoms with E-state index < -0.39 is 18.7 Å². The third kappa shape index (κ3) is 4.09. The molecule has 0 aromatic rings. The maximum Gasteiger partial charge on any atom is 0.389 e. The Hall–Kier alpha value is -0.580. The zero-order valence-electron chi connectivity index (χ0n) is 7.77. The molecule has 0 radical (unpaired) electrons. The summed E-state index contributed by atoms with van der Waals surface area (Å²) in [5.74, 6) is -0.188. The molecule has 82 valence electrons. The van der Waals surface area contributed by atoms with Crippen LogP contribution in [0.3, 0.4) is 0 Å². The lowest BCUT2D eigenvalue weighted by atomic mass is 10.1. The van der Waals surface area contributed by atoms with Crippen molar-refractivity contribution in [3.05, 3.63) is 0 Å². The van der Waals surface area contributed by atoms with Gasteiger partial charge in [0.25, 0.3) is 0 Å². The van der Waals surface area contributed by atoms with Crippen LogP contribution in [0, 0.1) is 0 Å². The molecule has 1 heterocycles. The Balaban J connectivity index is 2.15. The van der Waals surface area contributed by atoms with Gasteiger partial charge >= 0.3 is 6.18 Å². The second kappa shape index (κ2) is 4.77. The van der Waals surface area contributed by atoms with Gasteiger partial charge in [0.1, 0.15) is 6.10 Å². The molecular weight excluding hydrogens is 197 g/mol. The van der Waals surface area contributed by atoms with Crippen LogP contribution < -0.4 is 0 Å². The predicted octanol–water partition coefficient (Wildman–Crippen LogP) is 2.47. The van der Waals surface area contributed by atoms with Gasteiger partial charge in [-0.25, -0.2) is 0 Å². The smallest absolute Gasteiger partial charge is 0.370 e. The molecule has 0 aliphatic carbocycles. The quantitative estimate of drug-likeness (QED) is 0.712. The molecule has 0 aromatic carbocycles. The van der Waals surface area contributed by atoms with Crippen molar-refractivity contribution >= 4 is 5.78 Å². The Labute approximate surface area is 80.4 Å². The van der Waals surface area contributed by atoms with Crippen LogP contribution >= 0.6 is 0 Å². The van der Waals surface area contributed by atoms with Crippen LogP contribution in [-0.4, -0.2) is 24.7 Å². The first-order chi connectivity index (χ1) is 6.49. The van der Waals surface area contributed by atoms with Gasteiger partial charge in [0, 0.05) is 19.4 Å². The minimum Gasteiger partial charge on any atom is -0.370 e. The van der Waals surface area contributed by atoms with Crippen molar-refractivity contribution in [2.45, 2.75) is 44.4 Å². The molecule has 0 saturated carbocycles. The largest absolute Gasteiger partial charge is 0.389 e. The SMILES string of the molecule is O=C(CCCC(F)(F)F)C1CCCO1. The predicted molar refractivity (Wildman–Crippen MR) is 43.9 cm³/mol. The molecule has 0 N–H and O–H groups in total. The molecule has 0 spiro atoms. The van der Waals surface area contributed by atoms with Crippen molar-refractivity contribution in [2.24, 2.45) is 0 Å². The average molecular weight is 210 g/mol. The number of hydrogen-bond acceptors (Lipinski definition) is 2. The molecule has 1 fully saturated rings. The third-order valence-electron chi connectivity index (χ3n) is 2.17. The molecule has 1 atom stereocenters. The Morgan fingerprint density at radius 1 is 1.43 bits per heavy atom. The van der Waals surface area contributed by atoms with Crippen molar-refractivity contribution in [3.8, 4) is 0 Å². The van der Waals surface area contributed by atoms with E-state index >= 15 is 0 Å². The lowest BCUT2D eigenvalue weighted by Crippen LogP contribution is -2.19. The summed E-state index contributed by atoms with van der Waals surface area (Å²) in [5, 5.41) is 0. The van der Waals surface area contributed by atoms with E-state index in [0.717, 1.165) is 6.42 Å². The Morgan fingerprint density at radius 2 is 2.14 bits per heavy atom. The summed E-state index contributed by atoms with van der Waals surface area (Å²) in [6.45, 7) is 0.551. The van der Waals surface area contributed by atoms with Crippen molar-refractivity contribution in [3.63, 3.8) is 0 Å². The molecule has 14 heavy (non-hydrogen) atoms. The number of alkyl halides is 3. The molecular formula is C9H13F3O2. The maximum atomic E-state index is 11.7. The number of ether oxygens (including phenoxy) is 1. The highest BCUT2D eigenvalue weighted by Crippen LogP contribution is 2.23. The molecule has 0 aromatic heterocycles. The van der Waals surface area contributed by atoms with Crippen LogP contribution in [0.25, 0.3) is 0 Å². The summed E-state index contributed by atoms with van der Waals surface area (Å²) in [7, 11) is 0. The van der Waals surface area contributed by atoms with E-state index in [1.54, 1.807) is 0 Å². The molecule has 1 unspecified atom stereocenters. The highest BCUT2D eigenvalue weighted by molar-refractivity contribution is 5.83. The number of ketones is 1. The first-order valence-electron chi connectivity index (χ1n) is 4.70. The van der Waals surface area contributed by atoms with Gasteiger partial charge in [-0.1, -0.05) is 0 Å². The van der Waals surface area contributed by atoms with Gasteiger partial charge in [0.05, 0.1) is 0 Å². The Kier molecular flexibility index (Phi) is 3.92. The van der Waals surface area contributed by atoms with Crippen LogP contribution in [0.5, 0.6) is 0 Å². The zero-order chi connectivity index (χ0) is 10.6. The topological polar surface area (TPSA) is 26.3 Å². The fraction of sp³-hybridized carbons (Fsp3) is 0.889. The number of halogens is 3. The lowest BCUT2D eigenvalue weighted by molar-refractivity contribution is -0.138. The van der Waals surface area contributed by atoms with Crippen molar-refractivity contribution < 1.29 is 22.7 Å². The molecule has 1 aliphatic rings. The van der Waals surface area contributed by atoms with E-state index in [-0.39, 0.29) is 18.6 Å². The summed E-state index contributed by atoms with van der Waals surface area (Å²) in [6, 6.07) is 0. The zero-order valence-corrected chi connectivity index (χ0v) is 7.77. The summed E-state index contributed by atoms with van der Waals surface area (Å²) in [6.07, 6.45) is -4.14. The van der Waals surface area contributed by atoms with Crippen molar-refractivity contribution in [1.29, 1.82) is 0 Å². The molecule has 0 amide bonds. The minimum absolute atomic E-state index is 0.0236. The molecule has 0 bridgehead atoms. The van der Waals surface area contributed by atoms with E-state index in [9.17, 15) is 18.0 Å². The number of carbonyl (C=O) groups excluding carboxylic acids is 1. The Bertz CT molecular complexity index is 195. The average Bonchev–Trinajstić information content (AvgIpc) is 2.53. The summed E-state index contributed by atoms with van der Waals surface area (Å²) >= 11 is 0. The van der Waals surface area contributed by atoms with Gasteiger partial charge in [0.2, 0.25) is 0 Å². The molecule has 1 aliphatic heterocycles. The van der Waals surface area contributed by atoms with Crippen molar-refractivity contribution in [2.75, 3.05) is 6.61 Å². The summed E-state index contributed by atoms with van der Waals surface area (Å²) in [4.78, 5) is 11.2. The molecule has 1 saturated heterocycles. The standard InChI is InChI=1S/C9H13F3O2/c10-9(11,12)5-1-3-7(13)8-4-2-6-14-8/h8H,1-6H2. The van der Waals surface area contributed by atoms with Gasteiger partial charge in [0.15, 0.2) is 5.78 Å². The van der Waals surface area contributed by atoms with Gasteiger partial charge in [-0.05, 0) is 19.3 Å². The fourth-order valence-electron chi connectivity index (χ4n) is 1.46. The third-order valence-corrected chi connectivity index (χ3v) is 2.17. The van der Waals surface area contributed by atoms with Gasteiger partial charge in [-0.2, -0.15) is 13.2 Å². The summed E-state index contributed by atoms with van der Waals surface area (Å²) in [5.41, 5.74) is 0. The van der Waals surface area contributed by atoms with Crippen LogP contribution in [-0.2, 0) is 9.53 Å². The normalized spacial score (nSPS) is 22.6. The van der Waals surface area contributed by atoms with E-state index in [2.05, 4.69) is 0 Å².